The lowest BCUT2D eigenvalue weighted by molar-refractivity contribution is -0.137. The summed E-state index contributed by atoms with van der Waals surface area (Å²) in [5.41, 5.74) is 0.258. The van der Waals surface area contributed by atoms with Gasteiger partial charge in [0.25, 0.3) is 0 Å². The Morgan fingerprint density at radius 2 is 1.70 bits per heavy atom. The van der Waals surface area contributed by atoms with E-state index in [1.54, 1.807) is 0 Å². The highest BCUT2D eigenvalue weighted by Gasteiger charge is 2.29. The summed E-state index contributed by atoms with van der Waals surface area (Å²) in [6, 6.07) is 11.1. The van der Waals surface area contributed by atoms with Gasteiger partial charge in [0.2, 0.25) is 0 Å². The Kier molecular flexibility index (Phi) is 3.91. The number of hydrogen-bond acceptors (Lipinski definition) is 3. The average molecular weight is 337 g/mol. The first-order valence-electron chi connectivity index (χ1n) is 6.53. The Balaban J connectivity index is 1.67. The largest absolute Gasteiger partial charge is 0.416 e. The molecule has 1 heterocycles. The normalized spacial score (nSPS) is 11.4. The number of nitrogens with one attached hydrogen (secondary N) is 2. The quantitative estimate of drug-likeness (QED) is 0.694. The van der Waals surface area contributed by atoms with Crippen LogP contribution in [0.1, 0.15) is 5.56 Å². The zero-order chi connectivity index (χ0) is 16.4. The zero-order valence-corrected chi connectivity index (χ0v) is 12.3. The zero-order valence-electron chi connectivity index (χ0n) is 11.5. The third-order valence-corrected chi connectivity index (χ3v) is 3.94. The smallest absolute Gasteiger partial charge is 0.308 e. The molecular formula is C15H10F3N3OS. The van der Waals surface area contributed by atoms with Crippen LogP contribution in [0.4, 0.5) is 28.8 Å². The summed E-state index contributed by atoms with van der Waals surface area (Å²) in [6.07, 6.45) is -4.40. The van der Waals surface area contributed by atoms with Gasteiger partial charge in [0, 0.05) is 5.69 Å². The Morgan fingerprint density at radius 3 is 2.35 bits per heavy atom. The van der Waals surface area contributed by atoms with Gasteiger partial charge in [-0.25, -0.2) is 9.78 Å². The maximum absolute atomic E-state index is 12.5. The number of rotatable bonds is 2. The van der Waals surface area contributed by atoms with Crippen LogP contribution in [0.3, 0.4) is 0 Å². The van der Waals surface area contributed by atoms with Crippen LogP contribution >= 0.6 is 11.3 Å². The van der Waals surface area contributed by atoms with Gasteiger partial charge in [0.15, 0.2) is 5.13 Å². The van der Waals surface area contributed by atoms with Crippen LogP contribution in [0.2, 0.25) is 0 Å². The number of amides is 2. The summed E-state index contributed by atoms with van der Waals surface area (Å²) in [5, 5.41) is 5.44. The van der Waals surface area contributed by atoms with E-state index >= 15 is 0 Å². The minimum atomic E-state index is -4.40. The van der Waals surface area contributed by atoms with Gasteiger partial charge in [0.05, 0.1) is 15.8 Å². The number of para-hydroxylation sites is 1. The average Bonchev–Trinajstić information content (AvgIpc) is 2.88. The first-order chi connectivity index (χ1) is 10.9. The molecule has 0 spiro atoms. The van der Waals surface area contributed by atoms with Crippen molar-refractivity contribution in [3.05, 3.63) is 54.1 Å². The summed E-state index contributed by atoms with van der Waals surface area (Å²) in [4.78, 5) is 16.1. The van der Waals surface area contributed by atoms with E-state index in [9.17, 15) is 18.0 Å². The second-order valence-electron chi connectivity index (χ2n) is 4.64. The fourth-order valence-electron chi connectivity index (χ4n) is 1.93. The van der Waals surface area contributed by atoms with Crippen molar-refractivity contribution in [2.75, 3.05) is 10.6 Å². The van der Waals surface area contributed by atoms with Crippen LogP contribution in [0, 0.1) is 0 Å². The Morgan fingerprint density at radius 1 is 1.00 bits per heavy atom. The SMILES string of the molecule is O=C(Nc1ccc(C(F)(F)F)cc1)Nc1nc2ccccc2s1. The predicted molar refractivity (Wildman–Crippen MR) is 83.7 cm³/mol. The van der Waals surface area contributed by atoms with Crippen molar-refractivity contribution in [1.82, 2.24) is 4.98 Å². The molecule has 23 heavy (non-hydrogen) atoms. The first-order valence-corrected chi connectivity index (χ1v) is 7.34. The van der Waals surface area contributed by atoms with Crippen LogP contribution in [0.15, 0.2) is 48.5 Å². The molecule has 3 aromatic rings. The topological polar surface area (TPSA) is 54.0 Å². The van der Waals surface area contributed by atoms with Gasteiger partial charge in [-0.1, -0.05) is 23.5 Å². The number of benzene rings is 2. The van der Waals surface area contributed by atoms with E-state index in [1.165, 1.54) is 23.5 Å². The van der Waals surface area contributed by atoms with Crippen LogP contribution in [-0.4, -0.2) is 11.0 Å². The molecule has 2 amide bonds. The van der Waals surface area contributed by atoms with Gasteiger partial charge in [-0.2, -0.15) is 13.2 Å². The molecule has 2 aromatic carbocycles. The maximum Gasteiger partial charge on any atom is 0.416 e. The number of fused-ring (bicyclic) bond motifs is 1. The highest BCUT2D eigenvalue weighted by Crippen LogP contribution is 2.30. The van der Waals surface area contributed by atoms with E-state index in [2.05, 4.69) is 15.6 Å². The lowest BCUT2D eigenvalue weighted by Crippen LogP contribution is -2.19. The lowest BCUT2D eigenvalue weighted by Gasteiger charge is -2.08. The predicted octanol–water partition coefficient (Wildman–Crippen LogP) is 4.96. The Bertz CT molecular complexity index is 810. The standard InChI is InChI=1S/C15H10F3N3OS/c16-15(17,18)9-5-7-10(8-6-9)19-13(22)21-14-20-11-3-1-2-4-12(11)23-14/h1-8H,(H2,19,20,21,22). The van der Waals surface area contributed by atoms with Crippen molar-refractivity contribution in [2.24, 2.45) is 0 Å². The van der Waals surface area contributed by atoms with E-state index < -0.39 is 17.8 Å². The lowest BCUT2D eigenvalue weighted by atomic mass is 10.2. The van der Waals surface area contributed by atoms with Crippen LogP contribution in [0.5, 0.6) is 0 Å². The van der Waals surface area contributed by atoms with Crippen molar-refractivity contribution in [3.63, 3.8) is 0 Å². The van der Waals surface area contributed by atoms with Crippen molar-refractivity contribution in [3.8, 4) is 0 Å². The summed E-state index contributed by atoms with van der Waals surface area (Å²) in [7, 11) is 0. The molecule has 0 saturated heterocycles. The number of thiazole rings is 1. The minimum absolute atomic E-state index is 0.261. The number of carbonyl (C=O) groups is 1. The summed E-state index contributed by atoms with van der Waals surface area (Å²) < 4.78 is 38.3. The first kappa shape index (κ1) is 15.3. The highest BCUT2D eigenvalue weighted by atomic mass is 32.1. The van der Waals surface area contributed by atoms with Crippen molar-refractivity contribution < 1.29 is 18.0 Å². The number of alkyl halides is 3. The maximum atomic E-state index is 12.5. The number of hydrogen-bond donors (Lipinski definition) is 2. The minimum Gasteiger partial charge on any atom is -0.308 e. The second-order valence-corrected chi connectivity index (χ2v) is 5.67. The molecule has 0 aliphatic carbocycles. The number of carbonyl (C=O) groups excluding carboxylic acids is 1. The number of nitrogens with zero attached hydrogens (tertiary/aromatic N) is 1. The van der Waals surface area contributed by atoms with Gasteiger partial charge >= 0.3 is 12.2 Å². The fourth-order valence-corrected chi connectivity index (χ4v) is 2.79. The molecule has 0 fully saturated rings. The van der Waals surface area contributed by atoms with Gasteiger partial charge in [0.1, 0.15) is 0 Å². The molecule has 1 aromatic heterocycles. The van der Waals surface area contributed by atoms with Crippen LogP contribution in [-0.2, 0) is 6.18 Å². The Labute approximate surface area is 133 Å². The summed E-state index contributed by atoms with van der Waals surface area (Å²) in [6.45, 7) is 0. The summed E-state index contributed by atoms with van der Waals surface area (Å²) >= 11 is 1.31. The molecule has 0 radical (unpaired) electrons. The third kappa shape index (κ3) is 3.59. The van der Waals surface area contributed by atoms with Crippen molar-refractivity contribution in [1.29, 1.82) is 0 Å². The van der Waals surface area contributed by atoms with Crippen molar-refractivity contribution >= 4 is 38.4 Å². The van der Waals surface area contributed by atoms with Gasteiger partial charge in [-0.05, 0) is 36.4 Å². The number of anilines is 2. The van der Waals surface area contributed by atoms with E-state index in [0.29, 0.717) is 5.13 Å². The number of urea groups is 1. The molecule has 0 aliphatic heterocycles. The monoisotopic (exact) mass is 337 g/mol. The molecule has 0 bridgehead atoms. The number of aromatic nitrogens is 1. The molecule has 8 heteroatoms. The molecule has 3 rings (SSSR count). The molecule has 4 nitrogen and oxygen atoms in total. The summed E-state index contributed by atoms with van der Waals surface area (Å²) in [5.74, 6) is 0. The molecule has 0 atom stereocenters. The second kappa shape index (κ2) is 5.88. The van der Waals surface area contributed by atoms with Gasteiger partial charge < -0.3 is 5.32 Å². The highest BCUT2D eigenvalue weighted by molar-refractivity contribution is 7.22. The van der Waals surface area contributed by atoms with E-state index in [1.807, 2.05) is 24.3 Å². The molecule has 0 aliphatic rings. The van der Waals surface area contributed by atoms with Crippen LogP contribution < -0.4 is 10.6 Å². The third-order valence-electron chi connectivity index (χ3n) is 2.98. The fraction of sp³-hybridized carbons (Fsp3) is 0.0667. The molecule has 118 valence electrons. The Hall–Kier alpha value is -2.61. The van der Waals surface area contributed by atoms with E-state index in [0.717, 1.165) is 22.3 Å². The molecule has 2 N–H and O–H groups in total. The van der Waals surface area contributed by atoms with E-state index in [4.69, 9.17) is 0 Å². The van der Waals surface area contributed by atoms with Gasteiger partial charge in [-0.15, -0.1) is 0 Å². The molecular weight excluding hydrogens is 327 g/mol. The van der Waals surface area contributed by atoms with Crippen LogP contribution in [0.25, 0.3) is 10.2 Å². The van der Waals surface area contributed by atoms with E-state index in [-0.39, 0.29) is 5.69 Å². The number of halogens is 3. The molecule has 0 unspecified atom stereocenters. The molecule has 0 saturated carbocycles. The van der Waals surface area contributed by atoms with Gasteiger partial charge in [-0.3, -0.25) is 5.32 Å². The van der Waals surface area contributed by atoms with Crippen molar-refractivity contribution in [2.45, 2.75) is 6.18 Å².